The van der Waals surface area contributed by atoms with E-state index < -0.39 is 44.6 Å². The molecule has 34 heavy (non-hydrogen) atoms. The highest BCUT2D eigenvalue weighted by atomic mass is 32.2. The van der Waals surface area contributed by atoms with Crippen molar-refractivity contribution < 1.29 is 26.7 Å². The van der Waals surface area contributed by atoms with E-state index in [4.69, 9.17) is 4.74 Å². The normalized spacial score (nSPS) is 23.0. The molecule has 188 valence electrons. The van der Waals surface area contributed by atoms with Crippen molar-refractivity contribution in [1.29, 1.82) is 0 Å². The summed E-state index contributed by atoms with van der Waals surface area (Å²) in [4.78, 5) is 0.117. The third-order valence-electron chi connectivity index (χ3n) is 6.04. The van der Waals surface area contributed by atoms with Gasteiger partial charge >= 0.3 is 0 Å². The fourth-order valence-corrected chi connectivity index (χ4v) is 7.29. The third kappa shape index (κ3) is 5.37. The zero-order chi connectivity index (χ0) is 25.4. The van der Waals surface area contributed by atoms with Crippen LogP contribution in [-0.4, -0.2) is 50.8 Å². The number of hydrogen-bond acceptors (Lipinski definition) is 6. The van der Waals surface area contributed by atoms with Gasteiger partial charge < -0.3 is 9.84 Å². The summed E-state index contributed by atoms with van der Waals surface area (Å²) in [6.07, 6.45) is -2.65. The molecule has 3 rings (SSSR count). The van der Waals surface area contributed by atoms with Gasteiger partial charge in [-0.2, -0.15) is 4.31 Å². The van der Waals surface area contributed by atoms with E-state index in [2.05, 4.69) is 4.72 Å². The van der Waals surface area contributed by atoms with Gasteiger partial charge in [0, 0.05) is 0 Å². The van der Waals surface area contributed by atoms with Crippen molar-refractivity contribution in [3.63, 3.8) is 0 Å². The molecule has 1 heterocycles. The summed E-state index contributed by atoms with van der Waals surface area (Å²) in [6.45, 7) is 10.8. The molecule has 0 bridgehead atoms. The summed E-state index contributed by atoms with van der Waals surface area (Å²) in [6, 6.07) is 10.9. The second-order valence-electron chi connectivity index (χ2n) is 9.50. The van der Waals surface area contributed by atoms with Gasteiger partial charge in [0.25, 0.3) is 0 Å². The minimum absolute atomic E-state index is 0.0512. The summed E-state index contributed by atoms with van der Waals surface area (Å²) in [5.74, 6) is -0.638. The second-order valence-corrected chi connectivity index (χ2v) is 13.1. The molecule has 1 aliphatic heterocycles. The van der Waals surface area contributed by atoms with Crippen molar-refractivity contribution in [1.82, 2.24) is 9.03 Å². The lowest BCUT2D eigenvalue weighted by Crippen LogP contribution is -2.56. The van der Waals surface area contributed by atoms with Crippen LogP contribution in [0.15, 0.2) is 58.3 Å². The van der Waals surface area contributed by atoms with E-state index in [1.54, 1.807) is 52.0 Å². The van der Waals surface area contributed by atoms with Crippen LogP contribution < -0.4 is 4.72 Å². The van der Waals surface area contributed by atoms with Crippen molar-refractivity contribution in [3.05, 3.63) is 59.7 Å². The van der Waals surface area contributed by atoms with Crippen LogP contribution in [0.25, 0.3) is 0 Å². The minimum atomic E-state index is -4.12. The van der Waals surface area contributed by atoms with Crippen LogP contribution >= 0.6 is 0 Å². The van der Waals surface area contributed by atoms with Gasteiger partial charge in [0.15, 0.2) is 6.29 Å². The molecule has 10 heteroatoms. The van der Waals surface area contributed by atoms with Crippen LogP contribution in [0.3, 0.4) is 0 Å². The standard InChI is InChI=1S/C24H34N2O6S2/c1-15(2)21(25-33(28,29)19-11-7-17(5)8-12-19)23-26(22(16(3)4)24(27)32-23)34(30,31)20-13-9-18(6)10-14-20/h7-16,21-25,27H,1-6H3/t21-,22-,23?,24?/m0/s1. The fraction of sp³-hybridized carbons (Fsp3) is 0.500. The lowest BCUT2D eigenvalue weighted by atomic mass is 10.0. The number of benzene rings is 2. The lowest BCUT2D eigenvalue weighted by molar-refractivity contribution is -0.112. The maximum absolute atomic E-state index is 13.8. The first-order chi connectivity index (χ1) is 15.8. The maximum Gasteiger partial charge on any atom is 0.245 e. The molecule has 4 atom stereocenters. The average Bonchev–Trinajstić information content (AvgIpc) is 3.10. The highest BCUT2D eigenvalue weighted by Gasteiger charge is 2.53. The molecule has 0 aromatic heterocycles. The number of sulfonamides is 2. The van der Waals surface area contributed by atoms with Crippen molar-refractivity contribution in [2.75, 3.05) is 0 Å². The minimum Gasteiger partial charge on any atom is -0.366 e. The second kappa shape index (κ2) is 10.0. The Bertz CT molecular complexity index is 1190. The van der Waals surface area contributed by atoms with E-state index in [0.29, 0.717) is 0 Å². The van der Waals surface area contributed by atoms with Crippen LogP contribution in [0, 0.1) is 25.7 Å². The third-order valence-corrected chi connectivity index (χ3v) is 9.39. The lowest BCUT2D eigenvalue weighted by Gasteiger charge is -2.35. The first-order valence-corrected chi connectivity index (χ1v) is 14.2. The van der Waals surface area contributed by atoms with Gasteiger partial charge in [-0.25, -0.2) is 21.6 Å². The van der Waals surface area contributed by atoms with Crippen LogP contribution in [0.4, 0.5) is 0 Å². The van der Waals surface area contributed by atoms with E-state index in [0.717, 1.165) is 15.4 Å². The van der Waals surface area contributed by atoms with Gasteiger partial charge in [0.1, 0.15) is 6.23 Å². The van der Waals surface area contributed by atoms with Crippen molar-refractivity contribution in [2.24, 2.45) is 11.8 Å². The molecule has 0 aliphatic carbocycles. The number of aliphatic hydroxyl groups excluding tert-OH is 1. The molecular weight excluding hydrogens is 476 g/mol. The Morgan fingerprint density at radius 3 is 1.76 bits per heavy atom. The predicted octanol–water partition coefficient (Wildman–Crippen LogP) is 3.00. The van der Waals surface area contributed by atoms with Crippen LogP contribution in [0.2, 0.25) is 0 Å². The molecule has 2 N–H and O–H groups in total. The average molecular weight is 511 g/mol. The molecule has 2 aromatic carbocycles. The first-order valence-electron chi connectivity index (χ1n) is 11.3. The Hall–Kier alpha value is -1.82. The number of nitrogens with one attached hydrogen (secondary N) is 1. The molecule has 0 spiro atoms. The number of ether oxygens (including phenoxy) is 1. The van der Waals surface area contributed by atoms with E-state index in [1.165, 1.54) is 24.3 Å². The largest absolute Gasteiger partial charge is 0.366 e. The molecule has 1 aliphatic rings. The summed E-state index contributed by atoms with van der Waals surface area (Å²) in [7, 11) is -8.11. The van der Waals surface area contributed by atoms with E-state index in [-0.39, 0.29) is 21.6 Å². The Labute approximate surface area is 203 Å². The highest BCUT2D eigenvalue weighted by Crippen LogP contribution is 2.36. The number of hydrogen-bond donors (Lipinski definition) is 2. The van der Waals surface area contributed by atoms with Crippen molar-refractivity contribution >= 4 is 20.0 Å². The van der Waals surface area contributed by atoms with Gasteiger partial charge in [-0.1, -0.05) is 63.1 Å². The van der Waals surface area contributed by atoms with Gasteiger partial charge in [0.2, 0.25) is 20.0 Å². The van der Waals surface area contributed by atoms with Gasteiger partial charge in [-0.3, -0.25) is 0 Å². The summed E-state index contributed by atoms with van der Waals surface area (Å²) < 4.78 is 63.5. The maximum atomic E-state index is 13.8. The highest BCUT2D eigenvalue weighted by molar-refractivity contribution is 7.89. The number of aliphatic hydroxyl groups is 1. The Morgan fingerprint density at radius 1 is 0.853 bits per heavy atom. The monoisotopic (exact) mass is 510 g/mol. The molecule has 2 aromatic rings. The van der Waals surface area contributed by atoms with Crippen molar-refractivity contribution in [3.8, 4) is 0 Å². The summed E-state index contributed by atoms with van der Waals surface area (Å²) in [5, 5.41) is 10.7. The molecule has 8 nitrogen and oxygen atoms in total. The molecule has 0 saturated carbocycles. The van der Waals surface area contributed by atoms with E-state index >= 15 is 0 Å². The number of rotatable bonds is 8. The Balaban J connectivity index is 2.07. The number of nitrogens with zero attached hydrogens (tertiary/aromatic N) is 1. The fourth-order valence-electron chi connectivity index (χ4n) is 4.06. The van der Waals surface area contributed by atoms with Gasteiger partial charge in [0.05, 0.1) is 21.9 Å². The Kier molecular flexibility index (Phi) is 7.91. The van der Waals surface area contributed by atoms with Gasteiger partial charge in [-0.15, -0.1) is 0 Å². The molecule has 2 unspecified atom stereocenters. The zero-order valence-corrected chi connectivity index (χ0v) is 22.0. The van der Waals surface area contributed by atoms with Crippen LogP contribution in [0.1, 0.15) is 38.8 Å². The van der Waals surface area contributed by atoms with Crippen LogP contribution in [-0.2, 0) is 24.8 Å². The predicted molar refractivity (Wildman–Crippen MR) is 130 cm³/mol. The van der Waals surface area contributed by atoms with E-state index in [9.17, 15) is 21.9 Å². The SMILES string of the molecule is Cc1ccc(S(=O)(=O)N[C@@H](C(C)C)C2OC(O)[C@H](C(C)C)N2S(=O)(=O)c2ccc(C)cc2)cc1. The van der Waals surface area contributed by atoms with Gasteiger partial charge in [-0.05, 0) is 49.9 Å². The molecule has 0 radical (unpaired) electrons. The Morgan fingerprint density at radius 2 is 1.32 bits per heavy atom. The molecule has 0 amide bonds. The smallest absolute Gasteiger partial charge is 0.245 e. The van der Waals surface area contributed by atoms with E-state index in [1.807, 2.05) is 13.8 Å². The van der Waals surface area contributed by atoms with Crippen LogP contribution in [0.5, 0.6) is 0 Å². The quantitative estimate of drug-likeness (QED) is 0.565. The molecular formula is C24H34N2O6S2. The van der Waals surface area contributed by atoms with Crippen molar-refractivity contribution in [2.45, 2.75) is 75.9 Å². The summed E-state index contributed by atoms with van der Waals surface area (Å²) >= 11 is 0. The zero-order valence-electron chi connectivity index (χ0n) is 20.3. The first kappa shape index (κ1) is 26.8. The summed E-state index contributed by atoms with van der Waals surface area (Å²) in [5.41, 5.74) is 1.82. The molecule has 1 fully saturated rings. The topological polar surface area (TPSA) is 113 Å². The molecule has 1 saturated heterocycles. The number of aryl methyl sites for hydroxylation is 2.